The SMILES string of the molecule is CCCNC(Cc1cc(OC)ncn1)c1cc(C)c(C)s1. The van der Waals surface area contributed by atoms with Crippen molar-refractivity contribution in [2.75, 3.05) is 13.7 Å². The van der Waals surface area contributed by atoms with E-state index in [1.165, 1.54) is 15.3 Å². The van der Waals surface area contributed by atoms with Gasteiger partial charge >= 0.3 is 0 Å². The van der Waals surface area contributed by atoms with Crippen molar-refractivity contribution in [1.82, 2.24) is 15.3 Å². The second kappa shape index (κ2) is 7.52. The van der Waals surface area contributed by atoms with Crippen LogP contribution in [-0.4, -0.2) is 23.6 Å². The monoisotopic (exact) mass is 305 g/mol. The van der Waals surface area contributed by atoms with E-state index in [4.69, 9.17) is 4.74 Å². The van der Waals surface area contributed by atoms with Crippen LogP contribution in [0.25, 0.3) is 0 Å². The maximum atomic E-state index is 5.18. The maximum Gasteiger partial charge on any atom is 0.216 e. The van der Waals surface area contributed by atoms with Gasteiger partial charge in [-0.1, -0.05) is 6.92 Å². The Morgan fingerprint density at radius 3 is 2.71 bits per heavy atom. The molecule has 21 heavy (non-hydrogen) atoms. The van der Waals surface area contributed by atoms with Gasteiger partial charge in [-0.25, -0.2) is 9.97 Å². The minimum atomic E-state index is 0.293. The van der Waals surface area contributed by atoms with Crippen LogP contribution >= 0.6 is 11.3 Å². The highest BCUT2D eigenvalue weighted by Gasteiger charge is 2.16. The zero-order valence-electron chi connectivity index (χ0n) is 13.1. The molecule has 2 aromatic rings. The van der Waals surface area contributed by atoms with E-state index in [9.17, 15) is 0 Å². The van der Waals surface area contributed by atoms with Crippen LogP contribution in [0, 0.1) is 13.8 Å². The lowest BCUT2D eigenvalue weighted by Crippen LogP contribution is -2.23. The van der Waals surface area contributed by atoms with Crippen LogP contribution in [0.15, 0.2) is 18.5 Å². The fraction of sp³-hybridized carbons (Fsp3) is 0.500. The summed E-state index contributed by atoms with van der Waals surface area (Å²) in [5, 5.41) is 3.62. The van der Waals surface area contributed by atoms with Crippen molar-refractivity contribution in [3.63, 3.8) is 0 Å². The lowest BCUT2D eigenvalue weighted by atomic mass is 10.1. The first-order chi connectivity index (χ1) is 10.1. The fourth-order valence-electron chi connectivity index (χ4n) is 2.17. The van der Waals surface area contributed by atoms with Crippen LogP contribution in [0.2, 0.25) is 0 Å². The van der Waals surface area contributed by atoms with Crippen molar-refractivity contribution in [3.8, 4) is 5.88 Å². The van der Waals surface area contributed by atoms with E-state index >= 15 is 0 Å². The van der Waals surface area contributed by atoms with Crippen molar-refractivity contribution in [2.24, 2.45) is 0 Å². The highest BCUT2D eigenvalue weighted by Crippen LogP contribution is 2.28. The number of ether oxygens (including phenoxy) is 1. The van der Waals surface area contributed by atoms with Crippen LogP contribution < -0.4 is 10.1 Å². The summed E-state index contributed by atoms with van der Waals surface area (Å²) >= 11 is 1.86. The normalized spacial score (nSPS) is 12.4. The average molecular weight is 305 g/mol. The Labute approximate surface area is 130 Å². The van der Waals surface area contributed by atoms with E-state index in [1.54, 1.807) is 13.4 Å². The second-order valence-electron chi connectivity index (χ2n) is 5.15. The fourth-order valence-corrected chi connectivity index (χ4v) is 3.29. The molecule has 0 spiro atoms. The van der Waals surface area contributed by atoms with Crippen molar-refractivity contribution in [2.45, 2.75) is 39.7 Å². The van der Waals surface area contributed by atoms with Gasteiger partial charge in [0.2, 0.25) is 5.88 Å². The highest BCUT2D eigenvalue weighted by molar-refractivity contribution is 7.12. The third kappa shape index (κ3) is 4.25. The van der Waals surface area contributed by atoms with Crippen LogP contribution in [0.5, 0.6) is 5.88 Å². The molecule has 2 aromatic heterocycles. The van der Waals surface area contributed by atoms with Gasteiger partial charge in [-0.05, 0) is 38.4 Å². The molecule has 1 unspecified atom stereocenters. The van der Waals surface area contributed by atoms with Gasteiger partial charge in [-0.3, -0.25) is 0 Å². The first kappa shape index (κ1) is 15.9. The molecule has 114 valence electrons. The number of rotatable bonds is 7. The van der Waals surface area contributed by atoms with Gasteiger partial charge in [0, 0.05) is 34.0 Å². The summed E-state index contributed by atoms with van der Waals surface area (Å²) in [4.78, 5) is 11.2. The molecule has 1 N–H and O–H groups in total. The molecule has 2 rings (SSSR count). The molecule has 0 saturated heterocycles. The predicted octanol–water partition coefficient (Wildman–Crippen LogP) is 3.45. The molecule has 0 aliphatic heterocycles. The number of nitrogens with zero attached hydrogens (tertiary/aromatic N) is 2. The highest BCUT2D eigenvalue weighted by atomic mass is 32.1. The third-order valence-electron chi connectivity index (χ3n) is 3.49. The van der Waals surface area contributed by atoms with Gasteiger partial charge in [-0.15, -0.1) is 11.3 Å². The van der Waals surface area contributed by atoms with Crippen LogP contribution in [0.1, 0.15) is 40.4 Å². The summed E-state index contributed by atoms with van der Waals surface area (Å²) in [7, 11) is 1.63. The van der Waals surface area contributed by atoms with E-state index in [2.05, 4.69) is 42.1 Å². The number of methoxy groups -OCH3 is 1. The standard InChI is InChI=1S/C16H23N3OS/c1-5-6-17-14(15-7-11(2)12(3)21-15)8-13-9-16(20-4)19-10-18-13/h7,9-10,14,17H,5-6,8H2,1-4H3. The zero-order valence-corrected chi connectivity index (χ0v) is 14.0. The minimum Gasteiger partial charge on any atom is -0.481 e. The number of hydrogen-bond acceptors (Lipinski definition) is 5. The van der Waals surface area contributed by atoms with Gasteiger partial charge in [0.05, 0.1) is 7.11 Å². The molecule has 5 heteroatoms. The zero-order chi connectivity index (χ0) is 15.2. The van der Waals surface area contributed by atoms with E-state index in [0.717, 1.165) is 25.1 Å². The summed E-state index contributed by atoms with van der Waals surface area (Å²) < 4.78 is 5.18. The van der Waals surface area contributed by atoms with Gasteiger partial charge in [0.25, 0.3) is 0 Å². The first-order valence-electron chi connectivity index (χ1n) is 7.29. The Balaban J connectivity index is 2.19. The van der Waals surface area contributed by atoms with Gasteiger partial charge in [0.15, 0.2) is 0 Å². The summed E-state index contributed by atoms with van der Waals surface area (Å²) in [6.45, 7) is 7.53. The van der Waals surface area contributed by atoms with Crippen molar-refractivity contribution in [3.05, 3.63) is 39.5 Å². The Morgan fingerprint density at radius 1 is 1.29 bits per heavy atom. The van der Waals surface area contributed by atoms with E-state index in [1.807, 2.05) is 17.4 Å². The quantitative estimate of drug-likeness (QED) is 0.851. The molecular weight excluding hydrogens is 282 g/mol. The molecule has 0 aliphatic rings. The smallest absolute Gasteiger partial charge is 0.216 e. The largest absolute Gasteiger partial charge is 0.481 e. The lowest BCUT2D eigenvalue weighted by molar-refractivity contribution is 0.395. The van der Waals surface area contributed by atoms with Gasteiger partial charge in [-0.2, -0.15) is 0 Å². The van der Waals surface area contributed by atoms with E-state index < -0.39 is 0 Å². The summed E-state index contributed by atoms with van der Waals surface area (Å²) in [6, 6.07) is 4.49. The summed E-state index contributed by atoms with van der Waals surface area (Å²) in [5.41, 5.74) is 2.36. The molecule has 1 atom stereocenters. The maximum absolute atomic E-state index is 5.18. The molecule has 0 aromatic carbocycles. The summed E-state index contributed by atoms with van der Waals surface area (Å²) in [6.07, 6.45) is 3.53. The molecule has 0 bridgehead atoms. The number of aromatic nitrogens is 2. The molecule has 4 nitrogen and oxygen atoms in total. The number of thiophene rings is 1. The van der Waals surface area contributed by atoms with Gasteiger partial charge in [0.1, 0.15) is 6.33 Å². The minimum absolute atomic E-state index is 0.293. The predicted molar refractivity (Wildman–Crippen MR) is 87.1 cm³/mol. The topological polar surface area (TPSA) is 47.0 Å². The molecule has 0 saturated carbocycles. The lowest BCUT2D eigenvalue weighted by Gasteiger charge is -2.17. The van der Waals surface area contributed by atoms with Crippen LogP contribution in [0.4, 0.5) is 0 Å². The van der Waals surface area contributed by atoms with Gasteiger partial charge < -0.3 is 10.1 Å². The summed E-state index contributed by atoms with van der Waals surface area (Å²) in [5.74, 6) is 0.618. The molecule has 0 radical (unpaired) electrons. The van der Waals surface area contributed by atoms with Crippen molar-refractivity contribution >= 4 is 11.3 Å². The first-order valence-corrected chi connectivity index (χ1v) is 8.11. The number of hydrogen-bond donors (Lipinski definition) is 1. The van der Waals surface area contributed by atoms with E-state index in [-0.39, 0.29) is 0 Å². The third-order valence-corrected chi connectivity index (χ3v) is 4.76. The molecule has 0 aliphatic carbocycles. The molecule has 0 amide bonds. The Bertz CT molecular complexity index is 563. The molecule has 2 heterocycles. The van der Waals surface area contributed by atoms with Crippen molar-refractivity contribution < 1.29 is 4.74 Å². The van der Waals surface area contributed by atoms with Crippen molar-refractivity contribution in [1.29, 1.82) is 0 Å². The van der Waals surface area contributed by atoms with Crippen LogP contribution in [0.3, 0.4) is 0 Å². The van der Waals surface area contributed by atoms with E-state index in [0.29, 0.717) is 11.9 Å². The number of aryl methyl sites for hydroxylation is 2. The Hall–Kier alpha value is -1.46. The van der Waals surface area contributed by atoms with Crippen LogP contribution in [-0.2, 0) is 6.42 Å². The second-order valence-corrected chi connectivity index (χ2v) is 6.44. The molecule has 0 fully saturated rings. The Morgan fingerprint density at radius 2 is 2.10 bits per heavy atom. The molecular formula is C16H23N3OS. The number of nitrogens with one attached hydrogen (secondary N) is 1. The average Bonchev–Trinajstić information content (AvgIpc) is 2.83. The Kier molecular flexibility index (Phi) is 5.70.